The highest BCUT2D eigenvalue weighted by atomic mass is 16.5. The molecular formula is C24H33N3O3. The normalized spacial score (nSPS) is 30.9. The predicted octanol–water partition coefficient (Wildman–Crippen LogP) is 1.95. The molecule has 0 bridgehead atoms. The Hall–Kier alpha value is -2.18. The van der Waals surface area contributed by atoms with E-state index in [4.69, 9.17) is 4.74 Å². The monoisotopic (exact) mass is 411 g/mol. The summed E-state index contributed by atoms with van der Waals surface area (Å²) in [6, 6.07) is 9.49. The number of carbonyl (C=O) groups excluding carboxylic acids is 2. The van der Waals surface area contributed by atoms with Crippen LogP contribution in [-0.2, 0) is 20.7 Å². The summed E-state index contributed by atoms with van der Waals surface area (Å²) in [5.41, 5.74) is 0.556. The lowest BCUT2D eigenvalue weighted by Gasteiger charge is -2.38. The minimum Gasteiger partial charge on any atom is -0.381 e. The van der Waals surface area contributed by atoms with Crippen LogP contribution in [0.1, 0.15) is 37.7 Å². The topological polar surface area (TPSA) is 79.5 Å². The van der Waals surface area contributed by atoms with Crippen molar-refractivity contribution in [1.82, 2.24) is 16.0 Å². The molecule has 30 heavy (non-hydrogen) atoms. The largest absolute Gasteiger partial charge is 0.381 e. The number of ether oxygens (including phenoxy) is 1. The van der Waals surface area contributed by atoms with Gasteiger partial charge in [-0.1, -0.05) is 42.5 Å². The molecule has 3 atom stereocenters. The molecule has 1 aromatic carbocycles. The molecule has 0 unspecified atom stereocenters. The minimum absolute atomic E-state index is 0.0195. The Balaban J connectivity index is 1.61. The summed E-state index contributed by atoms with van der Waals surface area (Å²) in [7, 11) is 0. The fourth-order valence-electron chi connectivity index (χ4n) is 4.88. The van der Waals surface area contributed by atoms with Crippen molar-refractivity contribution in [2.75, 3.05) is 26.3 Å². The maximum atomic E-state index is 13.4. The first-order chi connectivity index (χ1) is 14.7. The summed E-state index contributed by atoms with van der Waals surface area (Å²) >= 11 is 0. The fourth-order valence-corrected chi connectivity index (χ4v) is 4.88. The van der Waals surface area contributed by atoms with Gasteiger partial charge in [0.25, 0.3) is 0 Å². The van der Waals surface area contributed by atoms with Crippen LogP contribution in [-0.4, -0.2) is 50.2 Å². The maximum Gasteiger partial charge on any atom is 0.243 e. The predicted molar refractivity (Wildman–Crippen MR) is 116 cm³/mol. The van der Waals surface area contributed by atoms with Crippen LogP contribution in [0, 0.1) is 11.3 Å². The molecule has 6 nitrogen and oxygen atoms in total. The van der Waals surface area contributed by atoms with Gasteiger partial charge in [0.05, 0.1) is 5.41 Å². The molecule has 0 aromatic heterocycles. The first-order valence-corrected chi connectivity index (χ1v) is 11.2. The smallest absolute Gasteiger partial charge is 0.243 e. The summed E-state index contributed by atoms with van der Waals surface area (Å²) in [6.07, 6.45) is 8.78. The zero-order chi connectivity index (χ0) is 20.8. The van der Waals surface area contributed by atoms with E-state index < -0.39 is 11.5 Å². The van der Waals surface area contributed by atoms with E-state index in [9.17, 15) is 9.59 Å². The molecule has 0 aliphatic carbocycles. The van der Waals surface area contributed by atoms with Crippen LogP contribution >= 0.6 is 0 Å². The van der Waals surface area contributed by atoms with Crippen molar-refractivity contribution in [3.8, 4) is 0 Å². The molecular weight excluding hydrogens is 378 g/mol. The number of fused-ring (bicyclic) bond motifs is 1. The lowest BCUT2D eigenvalue weighted by atomic mass is 9.75. The highest BCUT2D eigenvalue weighted by Crippen LogP contribution is 2.35. The number of benzene rings is 1. The van der Waals surface area contributed by atoms with E-state index in [1.807, 2.05) is 30.3 Å². The van der Waals surface area contributed by atoms with Gasteiger partial charge in [0.2, 0.25) is 11.8 Å². The molecule has 3 aliphatic heterocycles. The number of rotatable bonds is 2. The van der Waals surface area contributed by atoms with Gasteiger partial charge in [0.1, 0.15) is 6.04 Å². The second-order valence-electron chi connectivity index (χ2n) is 8.89. The number of hydrogen-bond donors (Lipinski definition) is 3. The second kappa shape index (κ2) is 9.75. The number of allylic oxidation sites excluding steroid dienone is 2. The van der Waals surface area contributed by atoms with Gasteiger partial charge < -0.3 is 20.7 Å². The van der Waals surface area contributed by atoms with Crippen LogP contribution in [0.2, 0.25) is 0 Å². The number of nitrogens with one attached hydrogen (secondary N) is 3. The summed E-state index contributed by atoms with van der Waals surface area (Å²) in [5.74, 6) is 0.280. The van der Waals surface area contributed by atoms with Gasteiger partial charge in [-0.25, -0.2) is 0 Å². The molecule has 0 radical (unpaired) electrons. The van der Waals surface area contributed by atoms with E-state index in [0.717, 1.165) is 31.5 Å². The van der Waals surface area contributed by atoms with Crippen molar-refractivity contribution in [2.45, 2.75) is 50.6 Å². The zero-order valence-electron chi connectivity index (χ0n) is 17.6. The molecule has 4 rings (SSSR count). The Morgan fingerprint density at radius 1 is 1.03 bits per heavy atom. The Kier molecular flexibility index (Phi) is 6.85. The Morgan fingerprint density at radius 2 is 1.83 bits per heavy atom. The Bertz CT molecular complexity index is 758. The van der Waals surface area contributed by atoms with E-state index in [1.54, 1.807) is 0 Å². The highest BCUT2D eigenvalue weighted by Gasteiger charge is 2.41. The second-order valence-corrected chi connectivity index (χ2v) is 8.89. The SMILES string of the molecule is O=C1N[C@@H]2CCNC[C@H]2C/C=C/CC2(CCOCC2)C(=O)N[C@H]1Cc1ccccc1. The standard InChI is InChI=1S/C24H33N3O3/c28-22-21(16-18-6-2-1-3-7-18)27-23(29)24(11-14-30-15-12-24)10-5-4-8-19-17-25-13-9-20(19)26-22/h1-7,19-21,25H,8-17H2,(H,26,28)(H,27,29)/b5-4+/t19-,20-,21+/m1/s1. The number of carbonyl (C=O) groups is 2. The molecule has 0 saturated carbocycles. The van der Waals surface area contributed by atoms with Gasteiger partial charge in [-0.05, 0) is 50.1 Å². The van der Waals surface area contributed by atoms with Crippen molar-refractivity contribution < 1.29 is 14.3 Å². The lowest BCUT2D eigenvalue weighted by molar-refractivity contribution is -0.140. The zero-order valence-corrected chi connectivity index (χ0v) is 17.6. The highest BCUT2D eigenvalue weighted by molar-refractivity contribution is 5.90. The van der Waals surface area contributed by atoms with Gasteiger partial charge in [-0.3, -0.25) is 9.59 Å². The Morgan fingerprint density at radius 3 is 2.63 bits per heavy atom. The van der Waals surface area contributed by atoms with Crippen molar-refractivity contribution in [3.05, 3.63) is 48.0 Å². The van der Waals surface area contributed by atoms with Gasteiger partial charge in [-0.15, -0.1) is 0 Å². The third-order valence-electron chi connectivity index (χ3n) is 6.89. The van der Waals surface area contributed by atoms with E-state index >= 15 is 0 Å². The number of piperidine rings is 1. The lowest BCUT2D eigenvalue weighted by Crippen LogP contribution is -2.57. The molecule has 3 aliphatic rings. The quantitative estimate of drug-likeness (QED) is 0.650. The summed E-state index contributed by atoms with van der Waals surface area (Å²) in [5, 5.41) is 9.85. The van der Waals surface area contributed by atoms with Gasteiger partial charge in [0, 0.05) is 32.2 Å². The van der Waals surface area contributed by atoms with Crippen molar-refractivity contribution in [3.63, 3.8) is 0 Å². The molecule has 1 spiro atoms. The van der Waals surface area contributed by atoms with E-state index in [0.29, 0.717) is 44.8 Å². The van der Waals surface area contributed by atoms with Crippen LogP contribution < -0.4 is 16.0 Å². The van der Waals surface area contributed by atoms with Crippen LogP contribution in [0.4, 0.5) is 0 Å². The van der Waals surface area contributed by atoms with E-state index in [-0.39, 0.29) is 17.9 Å². The molecule has 2 fully saturated rings. The summed E-state index contributed by atoms with van der Waals surface area (Å²) < 4.78 is 5.54. The fraction of sp³-hybridized carbons (Fsp3) is 0.583. The minimum atomic E-state index is -0.571. The number of hydrogen-bond acceptors (Lipinski definition) is 4. The third-order valence-corrected chi connectivity index (χ3v) is 6.89. The van der Waals surface area contributed by atoms with Gasteiger partial charge in [-0.2, -0.15) is 0 Å². The first kappa shape index (κ1) is 21.1. The van der Waals surface area contributed by atoms with Crippen molar-refractivity contribution >= 4 is 11.8 Å². The molecule has 2 amide bonds. The Labute approximate surface area is 178 Å². The van der Waals surface area contributed by atoms with Crippen LogP contribution in [0.25, 0.3) is 0 Å². The van der Waals surface area contributed by atoms with Gasteiger partial charge >= 0.3 is 0 Å². The molecule has 3 N–H and O–H groups in total. The molecule has 2 saturated heterocycles. The van der Waals surface area contributed by atoms with E-state index in [2.05, 4.69) is 28.1 Å². The average molecular weight is 412 g/mol. The summed E-state index contributed by atoms with van der Waals surface area (Å²) in [4.78, 5) is 26.8. The van der Waals surface area contributed by atoms with Crippen LogP contribution in [0.3, 0.4) is 0 Å². The molecule has 162 valence electrons. The average Bonchev–Trinajstić information content (AvgIpc) is 2.78. The van der Waals surface area contributed by atoms with E-state index in [1.165, 1.54) is 0 Å². The summed E-state index contributed by atoms with van der Waals surface area (Å²) in [6.45, 7) is 2.99. The van der Waals surface area contributed by atoms with Crippen LogP contribution in [0.15, 0.2) is 42.5 Å². The molecule has 1 aromatic rings. The molecule has 6 heteroatoms. The molecule has 3 heterocycles. The maximum absolute atomic E-state index is 13.4. The van der Waals surface area contributed by atoms with Gasteiger partial charge in [0.15, 0.2) is 0 Å². The third kappa shape index (κ3) is 4.93. The van der Waals surface area contributed by atoms with Crippen LogP contribution in [0.5, 0.6) is 0 Å². The first-order valence-electron chi connectivity index (χ1n) is 11.2. The number of amides is 2. The van der Waals surface area contributed by atoms with Crippen molar-refractivity contribution in [2.24, 2.45) is 11.3 Å². The van der Waals surface area contributed by atoms with Crippen molar-refractivity contribution in [1.29, 1.82) is 0 Å².